The van der Waals surface area contributed by atoms with Crippen LogP contribution in [0.4, 0.5) is 4.39 Å². The summed E-state index contributed by atoms with van der Waals surface area (Å²) in [5.74, 6) is -0.225. The van der Waals surface area contributed by atoms with Gasteiger partial charge >= 0.3 is 0 Å². The lowest BCUT2D eigenvalue weighted by molar-refractivity contribution is 0.627. The maximum absolute atomic E-state index is 13.2. The predicted octanol–water partition coefficient (Wildman–Crippen LogP) is 5.76. The second-order valence-corrected chi connectivity index (χ2v) is 6.14. The van der Waals surface area contributed by atoms with Gasteiger partial charge in [-0.25, -0.2) is 9.37 Å². The average Bonchev–Trinajstić information content (AvgIpc) is 2.97. The van der Waals surface area contributed by atoms with Gasteiger partial charge in [0.1, 0.15) is 10.8 Å². The monoisotopic (exact) mass is 305 g/mol. The highest BCUT2D eigenvalue weighted by Gasteiger charge is 2.05. The Kier molecular flexibility index (Phi) is 3.20. The number of fused-ring (bicyclic) bond motifs is 3. The summed E-state index contributed by atoms with van der Waals surface area (Å²) in [5, 5.41) is 3.29. The molecule has 0 bridgehead atoms. The summed E-state index contributed by atoms with van der Waals surface area (Å²) in [4.78, 5) is 4.72. The second-order valence-electron chi connectivity index (χ2n) is 5.07. The quantitative estimate of drug-likeness (QED) is 0.459. The van der Waals surface area contributed by atoms with Crippen LogP contribution in [0.3, 0.4) is 0 Å². The van der Waals surface area contributed by atoms with Gasteiger partial charge in [0.15, 0.2) is 0 Å². The Hall–Kier alpha value is -2.52. The van der Waals surface area contributed by atoms with E-state index in [9.17, 15) is 4.39 Å². The topological polar surface area (TPSA) is 12.9 Å². The highest BCUT2D eigenvalue weighted by atomic mass is 32.1. The van der Waals surface area contributed by atoms with Gasteiger partial charge in [0.2, 0.25) is 0 Å². The predicted molar refractivity (Wildman–Crippen MR) is 92.5 cm³/mol. The molecular weight excluding hydrogens is 293 g/mol. The van der Waals surface area contributed by atoms with Crippen molar-refractivity contribution in [2.75, 3.05) is 0 Å². The molecule has 0 amide bonds. The van der Waals surface area contributed by atoms with E-state index in [0.717, 1.165) is 20.8 Å². The fourth-order valence-electron chi connectivity index (χ4n) is 2.53. The molecule has 4 aromatic rings. The minimum atomic E-state index is -0.225. The van der Waals surface area contributed by atoms with Crippen molar-refractivity contribution in [3.8, 4) is 0 Å². The van der Waals surface area contributed by atoms with Gasteiger partial charge in [0.25, 0.3) is 0 Å². The van der Waals surface area contributed by atoms with Crippen LogP contribution in [-0.4, -0.2) is 4.98 Å². The standard InChI is InChI=1S/C19H12FNS/c20-15-6-3-4-13(12-15)8-11-18-21-19-16-7-2-1-5-14(16)9-10-17(19)22-18/h1-12H. The lowest BCUT2D eigenvalue weighted by Crippen LogP contribution is -1.76. The molecule has 1 nitrogen and oxygen atoms in total. The molecule has 1 heterocycles. The molecule has 0 fully saturated rings. The van der Waals surface area contributed by atoms with Crippen molar-refractivity contribution in [3.05, 3.63) is 77.1 Å². The van der Waals surface area contributed by atoms with Gasteiger partial charge in [0.05, 0.1) is 10.2 Å². The van der Waals surface area contributed by atoms with Gasteiger partial charge in [-0.05, 0) is 35.2 Å². The van der Waals surface area contributed by atoms with Crippen molar-refractivity contribution in [2.24, 2.45) is 0 Å². The van der Waals surface area contributed by atoms with Gasteiger partial charge in [0, 0.05) is 5.39 Å². The van der Waals surface area contributed by atoms with E-state index in [1.807, 2.05) is 30.4 Å². The molecule has 0 aliphatic rings. The van der Waals surface area contributed by atoms with Crippen molar-refractivity contribution >= 4 is 44.5 Å². The van der Waals surface area contributed by atoms with Crippen LogP contribution in [0.1, 0.15) is 10.6 Å². The Labute approximate surface area is 131 Å². The van der Waals surface area contributed by atoms with E-state index in [0.29, 0.717) is 0 Å². The van der Waals surface area contributed by atoms with Gasteiger partial charge in [-0.1, -0.05) is 48.5 Å². The van der Waals surface area contributed by atoms with Crippen LogP contribution in [0.5, 0.6) is 0 Å². The SMILES string of the molecule is Fc1cccc(C=Cc2nc3c(ccc4ccccc43)s2)c1. The number of rotatable bonds is 2. The molecule has 0 radical (unpaired) electrons. The van der Waals surface area contributed by atoms with E-state index in [2.05, 4.69) is 24.3 Å². The summed E-state index contributed by atoms with van der Waals surface area (Å²) in [6.45, 7) is 0. The minimum Gasteiger partial charge on any atom is -0.236 e. The fraction of sp³-hybridized carbons (Fsp3) is 0. The molecule has 4 rings (SSSR count). The van der Waals surface area contributed by atoms with E-state index in [4.69, 9.17) is 4.98 Å². The van der Waals surface area contributed by atoms with E-state index >= 15 is 0 Å². The Morgan fingerprint density at radius 3 is 2.73 bits per heavy atom. The molecule has 0 spiro atoms. The van der Waals surface area contributed by atoms with Crippen molar-refractivity contribution in [1.29, 1.82) is 0 Å². The summed E-state index contributed by atoms with van der Waals surface area (Å²) in [6, 6.07) is 19.0. The zero-order valence-corrected chi connectivity index (χ0v) is 12.5. The van der Waals surface area contributed by atoms with Crippen LogP contribution < -0.4 is 0 Å². The number of aromatic nitrogens is 1. The molecule has 3 heteroatoms. The van der Waals surface area contributed by atoms with Crippen LogP contribution in [0.2, 0.25) is 0 Å². The van der Waals surface area contributed by atoms with Crippen LogP contribution in [0.15, 0.2) is 60.7 Å². The van der Waals surface area contributed by atoms with Gasteiger partial charge in [-0.15, -0.1) is 11.3 Å². The minimum absolute atomic E-state index is 0.225. The van der Waals surface area contributed by atoms with Gasteiger partial charge in [-0.2, -0.15) is 0 Å². The average molecular weight is 305 g/mol. The zero-order chi connectivity index (χ0) is 14.9. The van der Waals surface area contributed by atoms with E-state index < -0.39 is 0 Å². The largest absolute Gasteiger partial charge is 0.236 e. The fourth-order valence-corrected chi connectivity index (χ4v) is 3.41. The van der Waals surface area contributed by atoms with Crippen molar-refractivity contribution in [2.45, 2.75) is 0 Å². The van der Waals surface area contributed by atoms with Gasteiger partial charge < -0.3 is 0 Å². The number of halogens is 1. The number of benzene rings is 3. The molecule has 3 aromatic carbocycles. The molecule has 0 atom stereocenters. The summed E-state index contributed by atoms with van der Waals surface area (Å²) < 4.78 is 14.4. The number of nitrogens with zero attached hydrogens (tertiary/aromatic N) is 1. The van der Waals surface area contributed by atoms with Crippen LogP contribution in [0.25, 0.3) is 33.1 Å². The van der Waals surface area contributed by atoms with E-state index in [1.165, 1.54) is 22.9 Å². The van der Waals surface area contributed by atoms with Crippen LogP contribution >= 0.6 is 11.3 Å². The third kappa shape index (κ3) is 2.40. The van der Waals surface area contributed by atoms with E-state index in [-0.39, 0.29) is 5.82 Å². The molecule has 0 saturated carbocycles. The Morgan fingerprint density at radius 1 is 0.909 bits per heavy atom. The first-order valence-electron chi connectivity index (χ1n) is 7.01. The third-order valence-corrected chi connectivity index (χ3v) is 4.55. The molecular formula is C19H12FNS. The van der Waals surface area contributed by atoms with Crippen molar-refractivity contribution in [1.82, 2.24) is 4.98 Å². The summed E-state index contributed by atoms with van der Waals surface area (Å²) in [7, 11) is 0. The Morgan fingerprint density at radius 2 is 1.82 bits per heavy atom. The van der Waals surface area contributed by atoms with Crippen LogP contribution in [-0.2, 0) is 0 Å². The number of thiazole rings is 1. The first-order valence-corrected chi connectivity index (χ1v) is 7.83. The molecule has 0 aliphatic heterocycles. The van der Waals surface area contributed by atoms with Crippen molar-refractivity contribution < 1.29 is 4.39 Å². The van der Waals surface area contributed by atoms with Crippen molar-refractivity contribution in [3.63, 3.8) is 0 Å². The molecule has 22 heavy (non-hydrogen) atoms. The molecule has 0 saturated heterocycles. The lowest BCUT2D eigenvalue weighted by atomic mass is 10.1. The first kappa shape index (κ1) is 13.2. The normalized spacial score (nSPS) is 11.7. The summed E-state index contributed by atoms with van der Waals surface area (Å²) in [5.41, 5.74) is 1.87. The summed E-state index contributed by atoms with van der Waals surface area (Å²) in [6.07, 6.45) is 3.83. The molecule has 0 N–H and O–H groups in total. The molecule has 0 aliphatic carbocycles. The molecule has 0 unspecified atom stereocenters. The lowest BCUT2D eigenvalue weighted by Gasteiger charge is -1.96. The highest BCUT2D eigenvalue weighted by molar-refractivity contribution is 7.19. The Bertz CT molecular complexity index is 1000. The molecule has 1 aromatic heterocycles. The van der Waals surface area contributed by atoms with Crippen LogP contribution in [0, 0.1) is 5.82 Å². The Balaban J connectivity index is 1.78. The number of hydrogen-bond donors (Lipinski definition) is 0. The number of hydrogen-bond acceptors (Lipinski definition) is 2. The first-order chi connectivity index (χ1) is 10.8. The smallest absolute Gasteiger partial charge is 0.123 e. The zero-order valence-electron chi connectivity index (χ0n) is 11.7. The van der Waals surface area contributed by atoms with Gasteiger partial charge in [-0.3, -0.25) is 0 Å². The second kappa shape index (κ2) is 5.35. The maximum Gasteiger partial charge on any atom is 0.123 e. The van der Waals surface area contributed by atoms with E-state index in [1.54, 1.807) is 17.4 Å². The molecule has 106 valence electrons. The third-order valence-electron chi connectivity index (χ3n) is 3.57. The summed E-state index contributed by atoms with van der Waals surface area (Å²) >= 11 is 1.64. The highest BCUT2D eigenvalue weighted by Crippen LogP contribution is 2.30. The maximum atomic E-state index is 13.2.